The van der Waals surface area contributed by atoms with Gasteiger partial charge in [0.1, 0.15) is 24.4 Å². The van der Waals surface area contributed by atoms with Crippen molar-refractivity contribution in [1.29, 1.82) is 0 Å². The lowest BCUT2D eigenvalue weighted by molar-refractivity contribution is -0.163. The number of hydrogen-bond donors (Lipinski definition) is 1. The van der Waals surface area contributed by atoms with E-state index in [-0.39, 0.29) is 13.0 Å². The molecule has 2 amide bonds. The second-order valence-electron chi connectivity index (χ2n) is 9.45. The Morgan fingerprint density at radius 2 is 1.85 bits per heavy atom. The lowest BCUT2D eigenvalue weighted by atomic mass is 10.0. The number of amides is 2. The van der Waals surface area contributed by atoms with Crippen LogP contribution in [0.4, 0.5) is 4.79 Å². The molecule has 0 aromatic heterocycles. The number of rotatable bonds is 7. The Kier molecular flexibility index (Phi) is 8.50. The van der Waals surface area contributed by atoms with Gasteiger partial charge in [0.2, 0.25) is 5.91 Å². The SMILES string of the molecule is COC(=O)CN(C(=O)[C@H](Cc1ccc2ccccc2c1)NC(=O)OC(C)(C)C)C1CCCCO1. The zero-order chi connectivity index (χ0) is 24.7. The van der Waals surface area contributed by atoms with Crippen LogP contribution in [0.15, 0.2) is 42.5 Å². The Balaban J connectivity index is 1.89. The summed E-state index contributed by atoms with van der Waals surface area (Å²) < 4.78 is 16.0. The normalized spacial score (nSPS) is 17.0. The van der Waals surface area contributed by atoms with Crippen molar-refractivity contribution in [3.8, 4) is 0 Å². The van der Waals surface area contributed by atoms with Crippen LogP contribution in [0.2, 0.25) is 0 Å². The molecule has 2 aromatic rings. The Hall–Kier alpha value is -3.13. The van der Waals surface area contributed by atoms with E-state index >= 15 is 0 Å². The Morgan fingerprint density at radius 1 is 1.12 bits per heavy atom. The van der Waals surface area contributed by atoms with E-state index in [1.54, 1.807) is 20.8 Å². The number of ether oxygens (including phenoxy) is 3. The summed E-state index contributed by atoms with van der Waals surface area (Å²) in [6.07, 6.45) is 1.36. The van der Waals surface area contributed by atoms with E-state index in [1.807, 2.05) is 42.5 Å². The standard InChI is InChI=1S/C26H34N2O6/c1-26(2,3)34-25(31)27-21(16-18-12-13-19-9-5-6-10-20(19)15-18)24(30)28(17-23(29)32-4)22-11-7-8-14-33-22/h5-6,9-10,12-13,15,21-22H,7-8,11,14,16-17H2,1-4H3,(H,27,31)/t21-,22?/m0/s1. The number of alkyl carbamates (subject to hydrolysis) is 1. The largest absolute Gasteiger partial charge is 0.468 e. The van der Waals surface area contributed by atoms with Crippen LogP contribution in [-0.4, -0.2) is 61.0 Å². The number of esters is 1. The second-order valence-corrected chi connectivity index (χ2v) is 9.45. The molecule has 0 aliphatic carbocycles. The zero-order valence-electron chi connectivity index (χ0n) is 20.3. The van der Waals surface area contributed by atoms with Gasteiger partial charge in [-0.05, 0) is 56.4 Å². The fraction of sp³-hybridized carbons (Fsp3) is 0.500. The second kappa shape index (κ2) is 11.3. The van der Waals surface area contributed by atoms with E-state index in [4.69, 9.17) is 14.2 Å². The fourth-order valence-corrected chi connectivity index (χ4v) is 3.95. The van der Waals surface area contributed by atoms with Crippen molar-refractivity contribution >= 4 is 28.7 Å². The molecule has 0 radical (unpaired) electrons. The van der Waals surface area contributed by atoms with Crippen molar-refractivity contribution < 1.29 is 28.6 Å². The van der Waals surface area contributed by atoms with Crippen LogP contribution in [0.3, 0.4) is 0 Å². The first-order valence-corrected chi connectivity index (χ1v) is 11.6. The molecule has 1 unspecified atom stereocenters. The van der Waals surface area contributed by atoms with Gasteiger partial charge >= 0.3 is 12.1 Å². The highest BCUT2D eigenvalue weighted by molar-refractivity contribution is 5.89. The van der Waals surface area contributed by atoms with Gasteiger partial charge in [-0.1, -0.05) is 42.5 Å². The molecular weight excluding hydrogens is 436 g/mol. The van der Waals surface area contributed by atoms with E-state index < -0.39 is 35.8 Å². The molecule has 2 aromatic carbocycles. The summed E-state index contributed by atoms with van der Waals surface area (Å²) in [6, 6.07) is 12.9. The van der Waals surface area contributed by atoms with Gasteiger partial charge in [0, 0.05) is 13.0 Å². The molecule has 1 heterocycles. The molecule has 184 valence electrons. The molecule has 1 saturated heterocycles. The summed E-state index contributed by atoms with van der Waals surface area (Å²) in [5, 5.41) is 4.83. The van der Waals surface area contributed by atoms with Crippen molar-refractivity contribution in [2.75, 3.05) is 20.3 Å². The lowest BCUT2D eigenvalue weighted by Gasteiger charge is -2.35. The van der Waals surface area contributed by atoms with E-state index in [2.05, 4.69) is 5.32 Å². The fourth-order valence-electron chi connectivity index (χ4n) is 3.95. The Morgan fingerprint density at radius 3 is 2.50 bits per heavy atom. The molecule has 0 spiro atoms. The first kappa shape index (κ1) is 25.5. The van der Waals surface area contributed by atoms with Crippen molar-refractivity contribution in [2.24, 2.45) is 0 Å². The molecule has 0 bridgehead atoms. The predicted molar refractivity (Wildman–Crippen MR) is 128 cm³/mol. The average molecular weight is 471 g/mol. The topological polar surface area (TPSA) is 94.2 Å². The third kappa shape index (κ3) is 7.18. The van der Waals surface area contributed by atoms with Crippen LogP contribution in [-0.2, 0) is 30.2 Å². The summed E-state index contributed by atoms with van der Waals surface area (Å²) in [4.78, 5) is 39.8. The molecule has 1 aliphatic heterocycles. The smallest absolute Gasteiger partial charge is 0.408 e. The van der Waals surface area contributed by atoms with Crippen molar-refractivity contribution in [3.05, 3.63) is 48.0 Å². The number of nitrogens with zero attached hydrogens (tertiary/aromatic N) is 1. The number of fused-ring (bicyclic) bond motifs is 1. The van der Waals surface area contributed by atoms with Crippen molar-refractivity contribution in [1.82, 2.24) is 10.2 Å². The molecule has 3 rings (SSSR count). The van der Waals surface area contributed by atoms with E-state index in [0.29, 0.717) is 13.0 Å². The van der Waals surface area contributed by atoms with Crippen molar-refractivity contribution in [3.63, 3.8) is 0 Å². The van der Waals surface area contributed by atoms with Crippen LogP contribution < -0.4 is 5.32 Å². The molecule has 8 nitrogen and oxygen atoms in total. The van der Waals surface area contributed by atoms with E-state index in [9.17, 15) is 14.4 Å². The third-order valence-electron chi connectivity index (χ3n) is 5.56. The van der Waals surface area contributed by atoms with E-state index in [1.165, 1.54) is 12.0 Å². The van der Waals surface area contributed by atoms with Gasteiger partial charge in [0.15, 0.2) is 0 Å². The maximum Gasteiger partial charge on any atom is 0.408 e. The van der Waals surface area contributed by atoms with Crippen LogP contribution >= 0.6 is 0 Å². The number of benzene rings is 2. The van der Waals surface area contributed by atoms with Gasteiger partial charge < -0.3 is 24.4 Å². The van der Waals surface area contributed by atoms with Gasteiger partial charge in [0.05, 0.1) is 7.11 Å². The molecule has 1 fully saturated rings. The number of methoxy groups -OCH3 is 1. The molecular formula is C26H34N2O6. The number of carbonyl (C=O) groups excluding carboxylic acids is 3. The summed E-state index contributed by atoms with van der Waals surface area (Å²) >= 11 is 0. The molecule has 8 heteroatoms. The first-order chi connectivity index (χ1) is 16.2. The quantitative estimate of drug-likeness (QED) is 0.619. The zero-order valence-corrected chi connectivity index (χ0v) is 20.3. The molecule has 2 atom stereocenters. The van der Waals surface area contributed by atoms with Crippen LogP contribution in [0, 0.1) is 0 Å². The molecule has 1 aliphatic rings. The van der Waals surface area contributed by atoms with Gasteiger partial charge in [-0.15, -0.1) is 0 Å². The monoisotopic (exact) mass is 470 g/mol. The maximum atomic E-state index is 13.7. The van der Waals surface area contributed by atoms with Crippen LogP contribution in [0.25, 0.3) is 10.8 Å². The highest BCUT2D eigenvalue weighted by atomic mass is 16.6. The highest BCUT2D eigenvalue weighted by Crippen LogP contribution is 2.21. The highest BCUT2D eigenvalue weighted by Gasteiger charge is 2.34. The predicted octanol–water partition coefficient (Wildman–Crippen LogP) is 3.80. The first-order valence-electron chi connectivity index (χ1n) is 11.6. The number of carbonyl (C=O) groups is 3. The average Bonchev–Trinajstić information content (AvgIpc) is 2.80. The molecule has 1 N–H and O–H groups in total. The third-order valence-corrected chi connectivity index (χ3v) is 5.56. The van der Waals surface area contributed by atoms with Crippen LogP contribution in [0.5, 0.6) is 0 Å². The van der Waals surface area contributed by atoms with Crippen LogP contribution in [0.1, 0.15) is 45.6 Å². The van der Waals surface area contributed by atoms with Gasteiger partial charge in [-0.2, -0.15) is 0 Å². The summed E-state index contributed by atoms with van der Waals surface area (Å²) in [6.45, 7) is 5.51. The number of hydrogen-bond acceptors (Lipinski definition) is 6. The van der Waals surface area contributed by atoms with E-state index in [0.717, 1.165) is 29.2 Å². The lowest BCUT2D eigenvalue weighted by Crippen LogP contribution is -2.55. The Bertz CT molecular complexity index is 1010. The minimum absolute atomic E-state index is 0.229. The number of nitrogens with one attached hydrogen (secondary N) is 1. The molecule has 0 saturated carbocycles. The minimum atomic E-state index is -0.953. The summed E-state index contributed by atoms with van der Waals surface area (Å²) in [7, 11) is 1.28. The summed E-state index contributed by atoms with van der Waals surface area (Å²) in [5.74, 6) is -0.972. The van der Waals surface area contributed by atoms with Crippen molar-refractivity contribution in [2.45, 2.75) is 64.3 Å². The molecule has 34 heavy (non-hydrogen) atoms. The van der Waals surface area contributed by atoms with Gasteiger partial charge in [-0.25, -0.2) is 4.79 Å². The maximum absolute atomic E-state index is 13.7. The van der Waals surface area contributed by atoms with Gasteiger partial charge in [0.25, 0.3) is 0 Å². The summed E-state index contributed by atoms with van der Waals surface area (Å²) in [5.41, 5.74) is 0.148. The minimum Gasteiger partial charge on any atom is -0.468 e. The van der Waals surface area contributed by atoms with Gasteiger partial charge in [-0.3, -0.25) is 9.59 Å². The Labute approximate surface area is 200 Å².